The first kappa shape index (κ1) is 79.5. The van der Waals surface area contributed by atoms with Crippen LogP contribution in [0.1, 0.15) is 119 Å². The number of rotatable bonds is 34. The highest BCUT2D eigenvalue weighted by atomic mass is 28.4. The summed E-state index contributed by atoms with van der Waals surface area (Å²) in [5.41, 5.74) is 20.0. The fourth-order valence-electron chi connectivity index (χ4n) is 13.6. The Morgan fingerprint density at radius 1 is 0.297 bits per heavy atom. The second kappa shape index (κ2) is 35.7. The molecule has 4 aromatic heterocycles. The highest BCUT2D eigenvalue weighted by Gasteiger charge is 2.40. The molecule has 0 aliphatic heterocycles. The number of hydrogen-bond acceptors (Lipinski definition) is 13. The highest BCUT2D eigenvalue weighted by Crippen LogP contribution is 2.41. The largest absolute Gasteiger partial charge is 0.497 e. The van der Waals surface area contributed by atoms with Crippen LogP contribution >= 0.6 is 0 Å². The van der Waals surface area contributed by atoms with Gasteiger partial charge in [0, 0.05) is 33.6 Å². The van der Waals surface area contributed by atoms with Gasteiger partial charge in [0.15, 0.2) is 8.32 Å². The summed E-state index contributed by atoms with van der Waals surface area (Å²) < 4.78 is 54.7. The number of aromatic nitrogens is 4. The first-order chi connectivity index (χ1) is 53.4. The first-order valence-corrected chi connectivity index (χ1v) is 41.5. The van der Waals surface area contributed by atoms with Crippen LogP contribution < -0.4 is 37.9 Å². The Hall–Kier alpha value is -11.1. The normalized spacial score (nSPS) is 11.9. The van der Waals surface area contributed by atoms with Gasteiger partial charge in [-0.15, -0.1) is 0 Å². The highest BCUT2D eigenvalue weighted by molar-refractivity contribution is 6.74. The predicted octanol–water partition coefficient (Wildman–Crippen LogP) is 23.2. The third-order valence-electron chi connectivity index (χ3n) is 21.5. The van der Waals surface area contributed by atoms with Gasteiger partial charge in [0.2, 0.25) is 0 Å². The maximum absolute atomic E-state index is 7.02. The average molecular weight is 1500 g/mol. The number of methoxy groups -OCH3 is 4. The lowest BCUT2D eigenvalue weighted by Crippen LogP contribution is -2.47. The van der Waals surface area contributed by atoms with Crippen molar-refractivity contribution < 1.29 is 42.3 Å². The maximum atomic E-state index is 7.02. The standard InChI is InChI=1S/C97H106N4O9Si/c1-66-56-72(68-22-38-82(102-10)39-23-68)60-91(98-66)93-62-74(70-26-42-84(104-12)43-27-70)58-80(100-93)20-16-18-54-106-86-46-30-76(31-47-86)96(6,7)78-34-50-88(51-35-78)108-64-90(110-111(14,15)95(3,4)5)65-109-89-52-36-79(37-53-89)97(8,9)77-32-48-87(49-33-77)107-55-19-17-21-81-59-75(71-28-44-85(105-13)45-29-71)63-94(101-81)92-61-73(57-67(2)99-92)69-24-40-83(103-11)41-25-69/h22-53,56-63,90H,16-21,54-55,64-65H2,1-15H3. The van der Waals surface area contributed by atoms with Gasteiger partial charge in [-0.3, -0.25) is 19.9 Å². The van der Waals surface area contributed by atoms with Crippen LogP contribution in [0.5, 0.6) is 46.0 Å². The van der Waals surface area contributed by atoms with Crippen LogP contribution in [-0.2, 0) is 28.1 Å². The van der Waals surface area contributed by atoms with Gasteiger partial charge < -0.3 is 42.3 Å². The van der Waals surface area contributed by atoms with E-state index in [0.717, 1.165) is 175 Å². The monoisotopic (exact) mass is 1500 g/mol. The Kier molecular flexibility index (Phi) is 25.6. The summed E-state index contributed by atoms with van der Waals surface area (Å²) in [6.45, 7) is 26.3. The Bertz CT molecular complexity index is 4720. The van der Waals surface area contributed by atoms with E-state index in [9.17, 15) is 0 Å². The molecule has 0 bridgehead atoms. The van der Waals surface area contributed by atoms with Crippen LogP contribution in [-0.4, -0.2) is 89.2 Å². The zero-order chi connectivity index (χ0) is 78.3. The van der Waals surface area contributed by atoms with E-state index < -0.39 is 8.32 Å². The third-order valence-corrected chi connectivity index (χ3v) is 26.1. The molecule has 14 heteroatoms. The average Bonchev–Trinajstić information content (AvgIpc) is 0.781. The maximum Gasteiger partial charge on any atom is 0.192 e. The zero-order valence-electron chi connectivity index (χ0n) is 67.2. The molecule has 0 aliphatic rings. The van der Waals surface area contributed by atoms with Gasteiger partial charge >= 0.3 is 0 Å². The molecule has 0 unspecified atom stereocenters. The summed E-state index contributed by atoms with van der Waals surface area (Å²) in [5, 5.41) is -0.00557. The molecule has 0 atom stereocenters. The van der Waals surface area contributed by atoms with E-state index >= 15 is 0 Å². The summed E-state index contributed by atoms with van der Waals surface area (Å²) in [7, 11) is 4.53. The molecule has 0 saturated carbocycles. The molecular weight excluding hydrogens is 1390 g/mol. The number of unbranched alkanes of at least 4 members (excludes halogenated alkanes) is 2. The van der Waals surface area contributed by atoms with Crippen molar-refractivity contribution >= 4 is 8.32 Å². The molecule has 0 radical (unpaired) electrons. The molecule has 0 saturated heterocycles. The number of hydrogen-bond donors (Lipinski definition) is 0. The molecule has 4 heterocycles. The summed E-state index contributed by atoms with van der Waals surface area (Å²) in [4.78, 5) is 20.4. The van der Waals surface area contributed by atoms with E-state index in [1.54, 1.807) is 28.4 Å². The van der Waals surface area contributed by atoms with Crippen LogP contribution in [0.15, 0.2) is 243 Å². The molecule has 572 valence electrons. The molecule has 12 aromatic rings. The first-order valence-electron chi connectivity index (χ1n) is 38.6. The van der Waals surface area contributed by atoms with E-state index in [1.807, 2.05) is 62.4 Å². The van der Waals surface area contributed by atoms with Gasteiger partial charge in [0.1, 0.15) is 65.3 Å². The van der Waals surface area contributed by atoms with Crippen molar-refractivity contribution in [2.45, 2.75) is 136 Å². The smallest absolute Gasteiger partial charge is 0.192 e. The molecule has 8 aromatic carbocycles. The second-order valence-corrected chi connectivity index (χ2v) is 36.0. The lowest BCUT2D eigenvalue weighted by molar-refractivity contribution is 0.0704. The van der Waals surface area contributed by atoms with Crippen LogP contribution in [0.2, 0.25) is 18.1 Å². The fraction of sp³-hybridized carbons (Fsp3) is 0.299. The molecular formula is C97H106N4O9Si. The van der Waals surface area contributed by atoms with Gasteiger partial charge in [-0.25, -0.2) is 0 Å². The molecule has 0 amide bonds. The minimum atomic E-state index is -2.22. The van der Waals surface area contributed by atoms with E-state index in [0.29, 0.717) is 26.4 Å². The van der Waals surface area contributed by atoms with Gasteiger partial charge in [0.05, 0.1) is 64.4 Å². The minimum absolute atomic E-state index is 0.00557. The van der Waals surface area contributed by atoms with Gasteiger partial charge in [0.25, 0.3) is 0 Å². The summed E-state index contributed by atoms with van der Waals surface area (Å²) in [6.07, 6.45) is 4.83. The summed E-state index contributed by atoms with van der Waals surface area (Å²) in [5.74, 6) is 6.52. The fourth-order valence-corrected chi connectivity index (χ4v) is 14.9. The topological polar surface area (TPSA) is 135 Å². The zero-order valence-corrected chi connectivity index (χ0v) is 68.2. The van der Waals surface area contributed by atoms with Crippen molar-refractivity contribution in [3.63, 3.8) is 0 Å². The van der Waals surface area contributed by atoms with Gasteiger partial charge in [-0.1, -0.05) is 146 Å². The van der Waals surface area contributed by atoms with Crippen LogP contribution in [0.4, 0.5) is 0 Å². The van der Waals surface area contributed by atoms with Crippen molar-refractivity contribution in [3.05, 3.63) is 288 Å². The molecule has 13 nitrogen and oxygen atoms in total. The van der Waals surface area contributed by atoms with E-state index in [2.05, 4.69) is 256 Å². The van der Waals surface area contributed by atoms with Crippen LogP contribution in [0.3, 0.4) is 0 Å². The molecule has 0 spiro atoms. The van der Waals surface area contributed by atoms with Crippen molar-refractivity contribution in [1.29, 1.82) is 0 Å². The molecule has 0 fully saturated rings. The third kappa shape index (κ3) is 20.5. The Labute approximate surface area is 658 Å². The number of nitrogens with zero attached hydrogens (tertiary/aromatic N) is 4. The number of aryl methyl sites for hydroxylation is 4. The Balaban J connectivity index is 0.614. The number of pyridine rings is 4. The predicted molar refractivity (Wildman–Crippen MR) is 452 cm³/mol. The van der Waals surface area contributed by atoms with E-state index in [4.69, 9.17) is 62.3 Å². The molecule has 111 heavy (non-hydrogen) atoms. The van der Waals surface area contributed by atoms with Crippen molar-refractivity contribution in [2.24, 2.45) is 0 Å². The van der Waals surface area contributed by atoms with E-state index in [1.165, 1.54) is 22.3 Å². The number of ether oxygens (including phenoxy) is 8. The van der Waals surface area contributed by atoms with Crippen molar-refractivity contribution in [2.75, 3.05) is 54.9 Å². The van der Waals surface area contributed by atoms with E-state index in [-0.39, 0.29) is 22.0 Å². The van der Waals surface area contributed by atoms with Crippen LogP contribution in [0, 0.1) is 13.8 Å². The van der Waals surface area contributed by atoms with Gasteiger partial charge in [-0.2, -0.15) is 0 Å². The van der Waals surface area contributed by atoms with Crippen molar-refractivity contribution in [1.82, 2.24) is 19.9 Å². The number of benzene rings is 8. The van der Waals surface area contributed by atoms with Crippen molar-refractivity contribution in [3.8, 4) is 113 Å². The summed E-state index contributed by atoms with van der Waals surface area (Å²) >= 11 is 0. The van der Waals surface area contributed by atoms with Gasteiger partial charge in [-0.05, 0) is 283 Å². The summed E-state index contributed by atoms with van der Waals surface area (Å²) in [6, 6.07) is 83.7. The lowest BCUT2D eigenvalue weighted by Gasteiger charge is -2.39. The SMILES string of the molecule is COc1ccc(-c2cc(C)nc(-c3cc(-c4ccc(OC)cc4)cc(CCCCOc4ccc(C(C)(C)c5ccc(OCC(COc6ccc(C(C)(C)c7ccc(OCCCCc8cc(-c9ccc(OC)cc9)cc(-c9cc(-c%10ccc(OC)cc%10)cc(C)n9)n8)cc7)cc6)O[Si](C)(C)C(C)(C)C)cc5)cc4)n3)c2)cc1. The van der Waals surface area contributed by atoms with Crippen LogP contribution in [0.25, 0.3) is 67.3 Å². The quantitative estimate of drug-likeness (QED) is 0.0280. The molecule has 0 aliphatic carbocycles. The minimum Gasteiger partial charge on any atom is -0.497 e. The molecule has 0 N–H and O–H groups in total. The lowest BCUT2D eigenvalue weighted by atomic mass is 9.78. The Morgan fingerprint density at radius 3 is 0.838 bits per heavy atom. The second-order valence-electron chi connectivity index (χ2n) is 31.2. The molecule has 12 rings (SSSR count). The Morgan fingerprint density at radius 2 is 0.559 bits per heavy atom.